The Morgan fingerprint density at radius 1 is 1.11 bits per heavy atom. The molecule has 0 aromatic heterocycles. The number of nitrogens with one attached hydrogen (secondary N) is 1. The van der Waals surface area contributed by atoms with E-state index in [4.69, 9.17) is 9.47 Å². The molecule has 0 spiro atoms. The van der Waals surface area contributed by atoms with E-state index < -0.39 is 18.6 Å². The summed E-state index contributed by atoms with van der Waals surface area (Å²) in [5.41, 5.74) is 0.556. The molecule has 1 fully saturated rings. The van der Waals surface area contributed by atoms with Crippen LogP contribution in [0.25, 0.3) is 0 Å². The first-order valence-electron chi connectivity index (χ1n) is 8.81. The van der Waals surface area contributed by atoms with Crippen LogP contribution in [0.4, 0.5) is 13.2 Å². The molecule has 3 rings (SSSR count). The Morgan fingerprint density at radius 2 is 1.78 bits per heavy atom. The van der Waals surface area contributed by atoms with Gasteiger partial charge in [0.05, 0.1) is 6.54 Å². The van der Waals surface area contributed by atoms with Gasteiger partial charge in [0.25, 0.3) is 0 Å². The molecule has 148 valence electrons. The minimum Gasteiger partial charge on any atom is -0.486 e. The van der Waals surface area contributed by atoms with Gasteiger partial charge in [0.2, 0.25) is 5.91 Å². The van der Waals surface area contributed by atoms with Gasteiger partial charge in [-0.05, 0) is 44.1 Å². The fraction of sp³-hybridized carbons (Fsp3) is 0.556. The van der Waals surface area contributed by atoms with E-state index in [1.54, 1.807) is 23.1 Å². The summed E-state index contributed by atoms with van der Waals surface area (Å²) in [6.07, 6.45) is -3.31. The summed E-state index contributed by atoms with van der Waals surface area (Å²) in [6.45, 7) is 0.474. The molecule has 0 bridgehead atoms. The number of amides is 1. The smallest absolute Gasteiger partial charge is 0.405 e. The van der Waals surface area contributed by atoms with Crippen molar-refractivity contribution in [2.24, 2.45) is 5.92 Å². The lowest BCUT2D eigenvalue weighted by atomic mass is 9.88. The van der Waals surface area contributed by atoms with E-state index in [0.717, 1.165) is 0 Å². The second-order valence-electron chi connectivity index (χ2n) is 6.67. The van der Waals surface area contributed by atoms with Crippen molar-refractivity contribution >= 4 is 11.7 Å². The molecule has 1 saturated heterocycles. The summed E-state index contributed by atoms with van der Waals surface area (Å²) in [5.74, 6) is 0.350. The number of carbonyl (C=O) groups is 2. The molecule has 2 aliphatic rings. The number of hydrogen-bond acceptors (Lipinski definition) is 5. The normalized spacial score (nSPS) is 18.2. The predicted molar refractivity (Wildman–Crippen MR) is 90.0 cm³/mol. The van der Waals surface area contributed by atoms with Crippen LogP contribution in [0.2, 0.25) is 0 Å². The second kappa shape index (κ2) is 8.16. The van der Waals surface area contributed by atoms with Crippen molar-refractivity contribution in [3.8, 4) is 11.5 Å². The second-order valence-corrected chi connectivity index (χ2v) is 6.67. The highest BCUT2D eigenvalue weighted by molar-refractivity contribution is 5.98. The van der Waals surface area contributed by atoms with Gasteiger partial charge in [0.15, 0.2) is 17.3 Å². The minimum absolute atomic E-state index is 0.00754. The maximum absolute atomic E-state index is 12.7. The number of alkyl halides is 3. The van der Waals surface area contributed by atoms with E-state index in [1.165, 1.54) is 0 Å². The Bertz CT molecular complexity index is 700. The molecular formula is C18H21F3N2O4. The van der Waals surface area contributed by atoms with Crippen LogP contribution >= 0.6 is 0 Å². The maximum Gasteiger partial charge on any atom is 0.405 e. The van der Waals surface area contributed by atoms with Crippen LogP contribution in [0.15, 0.2) is 18.2 Å². The topological polar surface area (TPSA) is 67.9 Å². The lowest BCUT2D eigenvalue weighted by Gasteiger charge is -2.31. The van der Waals surface area contributed by atoms with Crippen molar-refractivity contribution < 1.29 is 32.2 Å². The highest BCUT2D eigenvalue weighted by Gasteiger charge is 2.30. The third-order valence-electron chi connectivity index (χ3n) is 4.64. The lowest BCUT2D eigenvalue weighted by Crippen LogP contribution is -2.44. The Balaban J connectivity index is 1.49. The average Bonchev–Trinajstić information content (AvgIpc) is 2.65. The average molecular weight is 386 g/mol. The van der Waals surface area contributed by atoms with Gasteiger partial charge in [-0.1, -0.05) is 0 Å². The quantitative estimate of drug-likeness (QED) is 0.785. The summed E-state index contributed by atoms with van der Waals surface area (Å²) in [4.78, 5) is 26.1. The van der Waals surface area contributed by atoms with E-state index in [-0.39, 0.29) is 18.2 Å². The fourth-order valence-corrected chi connectivity index (χ4v) is 3.24. The summed E-state index contributed by atoms with van der Waals surface area (Å²) in [7, 11) is 0. The predicted octanol–water partition coefficient (Wildman–Crippen LogP) is 2.03. The van der Waals surface area contributed by atoms with Crippen molar-refractivity contribution in [2.45, 2.75) is 19.0 Å². The molecule has 27 heavy (non-hydrogen) atoms. The first kappa shape index (κ1) is 19.5. The van der Waals surface area contributed by atoms with Gasteiger partial charge in [-0.2, -0.15) is 13.2 Å². The zero-order chi connectivity index (χ0) is 19.4. The van der Waals surface area contributed by atoms with Crippen LogP contribution in [-0.2, 0) is 4.79 Å². The Hall–Kier alpha value is -2.29. The number of halogens is 3. The molecule has 0 radical (unpaired) electrons. The summed E-state index contributed by atoms with van der Waals surface area (Å²) < 4.78 is 47.3. The van der Waals surface area contributed by atoms with Crippen molar-refractivity contribution in [1.29, 1.82) is 0 Å². The maximum atomic E-state index is 12.7. The Morgan fingerprint density at radius 3 is 2.44 bits per heavy atom. The van der Waals surface area contributed by atoms with E-state index >= 15 is 0 Å². The van der Waals surface area contributed by atoms with Crippen LogP contribution in [0, 0.1) is 5.92 Å². The van der Waals surface area contributed by atoms with Crippen molar-refractivity contribution in [1.82, 2.24) is 10.2 Å². The number of piperidine rings is 1. The molecule has 2 aliphatic heterocycles. The lowest BCUT2D eigenvalue weighted by molar-refractivity contribution is -0.139. The number of ether oxygens (including phenoxy) is 2. The summed E-state index contributed by atoms with van der Waals surface area (Å²) in [6, 6.07) is 5.13. The fourth-order valence-electron chi connectivity index (χ4n) is 3.24. The Kier molecular flexibility index (Phi) is 5.88. The molecule has 1 aromatic carbocycles. The van der Waals surface area contributed by atoms with Crippen molar-refractivity contribution in [2.75, 3.05) is 39.4 Å². The van der Waals surface area contributed by atoms with Crippen molar-refractivity contribution in [3.63, 3.8) is 0 Å². The highest BCUT2D eigenvalue weighted by atomic mass is 19.4. The largest absolute Gasteiger partial charge is 0.486 e. The molecule has 6 nitrogen and oxygen atoms in total. The van der Waals surface area contributed by atoms with Gasteiger partial charge in [0, 0.05) is 11.5 Å². The number of ketones is 1. The number of likely N-dealkylation sites (tertiary alicyclic amines) is 1. The van der Waals surface area contributed by atoms with Crippen molar-refractivity contribution in [3.05, 3.63) is 23.8 Å². The SMILES string of the molecule is O=C(CN1CCC(C(=O)c2ccc3c(c2)OCCO3)CC1)NCC(F)(F)F. The third kappa shape index (κ3) is 5.35. The van der Waals surface area contributed by atoms with Crippen LogP contribution in [0.5, 0.6) is 11.5 Å². The van der Waals surface area contributed by atoms with E-state index in [0.29, 0.717) is 56.2 Å². The molecular weight excluding hydrogens is 365 g/mol. The van der Waals surface area contributed by atoms with Gasteiger partial charge in [0.1, 0.15) is 19.8 Å². The number of benzene rings is 1. The van der Waals surface area contributed by atoms with Crippen LogP contribution in [0.3, 0.4) is 0 Å². The molecule has 0 unspecified atom stereocenters. The summed E-state index contributed by atoms with van der Waals surface area (Å²) in [5, 5.41) is 1.86. The van der Waals surface area contributed by atoms with Gasteiger partial charge in [-0.15, -0.1) is 0 Å². The van der Waals surface area contributed by atoms with Crippen LogP contribution in [0.1, 0.15) is 23.2 Å². The van der Waals surface area contributed by atoms with Gasteiger partial charge in [-0.25, -0.2) is 0 Å². The molecule has 2 heterocycles. The first-order chi connectivity index (χ1) is 12.8. The number of rotatable bonds is 5. The minimum atomic E-state index is -4.42. The summed E-state index contributed by atoms with van der Waals surface area (Å²) >= 11 is 0. The molecule has 0 atom stereocenters. The van der Waals surface area contributed by atoms with Crippen LogP contribution < -0.4 is 14.8 Å². The first-order valence-corrected chi connectivity index (χ1v) is 8.81. The van der Waals surface area contributed by atoms with Crippen LogP contribution in [-0.4, -0.2) is 62.2 Å². The monoisotopic (exact) mass is 386 g/mol. The highest BCUT2D eigenvalue weighted by Crippen LogP contribution is 2.32. The van der Waals surface area contributed by atoms with Gasteiger partial charge < -0.3 is 14.8 Å². The van der Waals surface area contributed by atoms with E-state index in [9.17, 15) is 22.8 Å². The molecule has 1 N–H and O–H groups in total. The zero-order valence-electron chi connectivity index (χ0n) is 14.7. The number of Topliss-reactive ketones (excluding diaryl/α,β-unsaturated/α-hetero) is 1. The molecule has 0 aliphatic carbocycles. The standard InChI is InChI=1S/C18H21F3N2O4/c19-18(20,21)11-22-16(24)10-23-5-3-12(4-6-23)17(25)13-1-2-14-15(9-13)27-8-7-26-14/h1-2,9,12H,3-8,10-11H2,(H,22,24). The number of hydrogen-bond donors (Lipinski definition) is 1. The zero-order valence-corrected chi connectivity index (χ0v) is 14.7. The third-order valence-corrected chi connectivity index (χ3v) is 4.64. The molecule has 0 saturated carbocycles. The molecule has 1 amide bonds. The number of fused-ring (bicyclic) bond motifs is 1. The van der Waals surface area contributed by atoms with Gasteiger partial charge >= 0.3 is 6.18 Å². The Labute approximate surface area is 154 Å². The van der Waals surface area contributed by atoms with E-state index in [1.807, 2.05) is 5.32 Å². The number of carbonyl (C=O) groups excluding carboxylic acids is 2. The van der Waals surface area contributed by atoms with E-state index in [2.05, 4.69) is 0 Å². The van der Waals surface area contributed by atoms with Gasteiger partial charge in [-0.3, -0.25) is 14.5 Å². The molecule has 9 heteroatoms. The number of nitrogens with zero attached hydrogens (tertiary/aromatic N) is 1. The molecule has 1 aromatic rings.